The Hall–Kier alpha value is -3.20. The largest absolute Gasteiger partial charge is 0.377 e. The zero-order valence-corrected chi connectivity index (χ0v) is 14.3. The van der Waals surface area contributed by atoms with E-state index < -0.39 is 0 Å². The molecule has 0 spiro atoms. The molecule has 0 unspecified atom stereocenters. The van der Waals surface area contributed by atoms with Gasteiger partial charge >= 0.3 is 0 Å². The van der Waals surface area contributed by atoms with Gasteiger partial charge in [0.15, 0.2) is 11.6 Å². The maximum atomic E-state index is 13.1. The Morgan fingerprint density at radius 3 is 1.68 bits per heavy atom. The van der Waals surface area contributed by atoms with Crippen LogP contribution in [-0.2, 0) is 0 Å². The summed E-state index contributed by atoms with van der Waals surface area (Å²) in [4.78, 5) is 28.0. The van der Waals surface area contributed by atoms with Crippen LogP contribution in [0.2, 0.25) is 0 Å². The fourth-order valence-corrected chi connectivity index (χ4v) is 2.82. The van der Waals surface area contributed by atoms with Crippen molar-refractivity contribution in [3.05, 3.63) is 101 Å². The summed E-state index contributed by atoms with van der Waals surface area (Å²) >= 11 is 0. The summed E-state index contributed by atoms with van der Waals surface area (Å²) in [5.74, 6) is -0.298. The van der Waals surface area contributed by atoms with E-state index in [1.54, 1.807) is 30.3 Å². The molecule has 3 aromatic carbocycles. The lowest BCUT2D eigenvalue weighted by Crippen LogP contribution is -2.18. The van der Waals surface area contributed by atoms with E-state index in [0.717, 1.165) is 5.69 Å². The fourth-order valence-electron chi connectivity index (χ4n) is 2.82. The minimum atomic E-state index is -0.149. The third kappa shape index (κ3) is 3.36. The van der Waals surface area contributed by atoms with Crippen molar-refractivity contribution in [2.75, 3.05) is 19.0 Å². The van der Waals surface area contributed by atoms with E-state index in [1.807, 2.05) is 67.5 Å². The van der Waals surface area contributed by atoms with Crippen LogP contribution in [0.4, 0.5) is 5.69 Å². The minimum Gasteiger partial charge on any atom is -0.377 e. The summed E-state index contributed by atoms with van der Waals surface area (Å²) in [5.41, 5.74) is 2.73. The quantitative estimate of drug-likeness (QED) is 0.658. The SMILES string of the molecule is CN(C)c1cccc(C(=O)c2ccccc2)c1C(=O)c1ccccc1. The van der Waals surface area contributed by atoms with Crippen LogP contribution in [0.5, 0.6) is 0 Å². The van der Waals surface area contributed by atoms with Crippen LogP contribution in [0.15, 0.2) is 78.9 Å². The van der Waals surface area contributed by atoms with E-state index in [4.69, 9.17) is 0 Å². The highest BCUT2D eigenvalue weighted by atomic mass is 16.1. The van der Waals surface area contributed by atoms with Crippen LogP contribution in [0, 0.1) is 0 Å². The van der Waals surface area contributed by atoms with Gasteiger partial charge < -0.3 is 4.90 Å². The fraction of sp³-hybridized carbons (Fsp3) is 0.0909. The van der Waals surface area contributed by atoms with Crippen molar-refractivity contribution in [1.82, 2.24) is 0 Å². The zero-order valence-electron chi connectivity index (χ0n) is 14.3. The molecule has 0 radical (unpaired) electrons. The highest BCUT2D eigenvalue weighted by Crippen LogP contribution is 2.27. The van der Waals surface area contributed by atoms with Crippen LogP contribution in [0.25, 0.3) is 0 Å². The third-order valence-corrected chi connectivity index (χ3v) is 4.07. The van der Waals surface area contributed by atoms with Crippen molar-refractivity contribution in [2.45, 2.75) is 0 Å². The lowest BCUT2D eigenvalue weighted by atomic mass is 9.91. The first-order chi connectivity index (χ1) is 12.1. The number of carbonyl (C=O) groups is 2. The van der Waals surface area contributed by atoms with Gasteiger partial charge in [0.2, 0.25) is 0 Å². The number of ketones is 2. The van der Waals surface area contributed by atoms with Gasteiger partial charge in [-0.1, -0.05) is 72.8 Å². The molecule has 0 aliphatic carbocycles. The number of hydrogen-bond acceptors (Lipinski definition) is 3. The summed E-state index contributed by atoms with van der Waals surface area (Å²) in [5, 5.41) is 0. The molecular formula is C22H19NO2. The van der Waals surface area contributed by atoms with E-state index in [0.29, 0.717) is 22.3 Å². The van der Waals surface area contributed by atoms with Crippen LogP contribution in [-0.4, -0.2) is 25.7 Å². The zero-order chi connectivity index (χ0) is 17.8. The molecular weight excluding hydrogens is 310 g/mol. The molecule has 0 aliphatic heterocycles. The second kappa shape index (κ2) is 7.14. The predicted molar refractivity (Wildman–Crippen MR) is 101 cm³/mol. The number of hydrogen-bond donors (Lipinski definition) is 0. The maximum absolute atomic E-state index is 13.1. The molecule has 0 aliphatic rings. The van der Waals surface area contributed by atoms with Crippen molar-refractivity contribution < 1.29 is 9.59 Å². The van der Waals surface area contributed by atoms with Crippen LogP contribution < -0.4 is 4.90 Å². The second-order valence-corrected chi connectivity index (χ2v) is 5.98. The predicted octanol–water partition coefficient (Wildman–Crippen LogP) is 4.21. The lowest BCUT2D eigenvalue weighted by Gasteiger charge is -2.19. The van der Waals surface area contributed by atoms with E-state index in [9.17, 15) is 9.59 Å². The average molecular weight is 329 g/mol. The molecule has 3 nitrogen and oxygen atoms in total. The molecule has 0 atom stereocenters. The Labute approximate surface area is 147 Å². The smallest absolute Gasteiger partial charge is 0.195 e. The minimum absolute atomic E-state index is 0.149. The molecule has 0 N–H and O–H groups in total. The van der Waals surface area contributed by atoms with E-state index in [1.165, 1.54) is 0 Å². The summed E-state index contributed by atoms with van der Waals surface area (Å²) < 4.78 is 0. The summed E-state index contributed by atoms with van der Waals surface area (Å²) in [7, 11) is 3.74. The second-order valence-electron chi connectivity index (χ2n) is 5.98. The van der Waals surface area contributed by atoms with Crippen molar-refractivity contribution in [3.63, 3.8) is 0 Å². The van der Waals surface area contributed by atoms with Gasteiger partial charge in [0.05, 0.1) is 5.56 Å². The van der Waals surface area contributed by atoms with Crippen molar-refractivity contribution in [3.8, 4) is 0 Å². The van der Waals surface area contributed by atoms with E-state index in [2.05, 4.69) is 0 Å². The van der Waals surface area contributed by atoms with Crippen LogP contribution in [0.1, 0.15) is 31.8 Å². The van der Waals surface area contributed by atoms with Crippen LogP contribution in [0.3, 0.4) is 0 Å². The summed E-state index contributed by atoms with van der Waals surface area (Å²) in [6.07, 6.45) is 0. The van der Waals surface area contributed by atoms with Gasteiger partial charge in [0, 0.05) is 36.5 Å². The molecule has 0 saturated carbocycles. The first kappa shape index (κ1) is 16.7. The maximum Gasteiger partial charge on any atom is 0.195 e. The molecule has 3 heteroatoms. The topological polar surface area (TPSA) is 37.4 Å². The molecule has 0 saturated heterocycles. The van der Waals surface area contributed by atoms with Crippen LogP contribution >= 0.6 is 0 Å². The molecule has 25 heavy (non-hydrogen) atoms. The average Bonchev–Trinajstić information content (AvgIpc) is 2.67. The first-order valence-corrected chi connectivity index (χ1v) is 8.09. The van der Waals surface area contributed by atoms with Crippen molar-refractivity contribution in [1.29, 1.82) is 0 Å². The number of rotatable bonds is 5. The van der Waals surface area contributed by atoms with Crippen molar-refractivity contribution in [2.24, 2.45) is 0 Å². The van der Waals surface area contributed by atoms with Gasteiger partial charge in [0.25, 0.3) is 0 Å². The van der Waals surface area contributed by atoms with Gasteiger partial charge in [-0.15, -0.1) is 0 Å². The molecule has 3 rings (SSSR count). The van der Waals surface area contributed by atoms with Gasteiger partial charge in [-0.25, -0.2) is 0 Å². The molecule has 0 aromatic heterocycles. The van der Waals surface area contributed by atoms with Crippen molar-refractivity contribution >= 4 is 17.3 Å². The highest BCUT2D eigenvalue weighted by Gasteiger charge is 2.23. The monoisotopic (exact) mass is 329 g/mol. The molecule has 0 bridgehead atoms. The number of carbonyl (C=O) groups excluding carboxylic acids is 2. The summed E-state index contributed by atoms with van der Waals surface area (Å²) in [6, 6.07) is 23.5. The Morgan fingerprint density at radius 2 is 1.16 bits per heavy atom. The van der Waals surface area contributed by atoms with Gasteiger partial charge in [-0.05, 0) is 6.07 Å². The molecule has 3 aromatic rings. The number of benzene rings is 3. The van der Waals surface area contributed by atoms with Gasteiger partial charge in [-0.2, -0.15) is 0 Å². The Bertz CT molecular complexity index is 900. The van der Waals surface area contributed by atoms with E-state index >= 15 is 0 Å². The molecule has 0 fully saturated rings. The highest BCUT2D eigenvalue weighted by molar-refractivity contribution is 6.22. The first-order valence-electron chi connectivity index (χ1n) is 8.09. The molecule has 124 valence electrons. The summed E-state index contributed by atoms with van der Waals surface area (Å²) in [6.45, 7) is 0. The Kier molecular flexibility index (Phi) is 4.75. The third-order valence-electron chi connectivity index (χ3n) is 4.07. The van der Waals surface area contributed by atoms with Gasteiger partial charge in [-0.3, -0.25) is 9.59 Å². The van der Waals surface area contributed by atoms with Gasteiger partial charge in [0.1, 0.15) is 0 Å². The normalized spacial score (nSPS) is 10.3. The van der Waals surface area contributed by atoms with E-state index in [-0.39, 0.29) is 11.6 Å². The lowest BCUT2D eigenvalue weighted by molar-refractivity contribution is 0.100. The standard InChI is InChI=1S/C22H19NO2/c1-23(2)19-15-9-14-18(21(24)16-10-5-3-6-11-16)20(19)22(25)17-12-7-4-8-13-17/h3-15H,1-2H3. The molecule has 0 amide bonds. The molecule has 0 heterocycles. The number of anilines is 1. The Balaban J connectivity index is 2.18. The Morgan fingerprint density at radius 1 is 0.640 bits per heavy atom. The number of nitrogens with zero attached hydrogens (tertiary/aromatic N) is 1.